The molecule has 0 saturated carbocycles. The number of aryl methyl sites for hydroxylation is 1. The normalized spacial score (nSPS) is 14.7. The predicted octanol–water partition coefficient (Wildman–Crippen LogP) is 2.52. The quantitative estimate of drug-likeness (QED) is 0.845. The molecular weight excluding hydrogens is 226 g/mol. The Labute approximate surface area is 110 Å². The molecule has 0 aliphatic carbocycles. The molecule has 0 spiro atoms. The van der Waals surface area contributed by atoms with E-state index in [0.29, 0.717) is 12.6 Å². The van der Waals surface area contributed by atoms with Crippen LogP contribution in [0.5, 0.6) is 5.75 Å². The zero-order chi connectivity index (χ0) is 13.9. The Balaban J connectivity index is 3.11. The van der Waals surface area contributed by atoms with Crippen LogP contribution >= 0.6 is 0 Å². The molecule has 0 heterocycles. The lowest BCUT2D eigenvalue weighted by Gasteiger charge is -2.28. The average molecular weight is 251 g/mol. The van der Waals surface area contributed by atoms with Crippen molar-refractivity contribution >= 4 is 0 Å². The lowest BCUT2D eigenvalue weighted by Crippen LogP contribution is -2.39. The highest BCUT2D eigenvalue weighted by molar-refractivity contribution is 5.47. The molecule has 0 saturated heterocycles. The highest BCUT2D eigenvalue weighted by Crippen LogP contribution is 2.33. The number of ether oxygens (including phenoxy) is 1. The summed E-state index contributed by atoms with van der Waals surface area (Å²) in [6.07, 6.45) is 0. The maximum absolute atomic E-state index is 10.6. The van der Waals surface area contributed by atoms with Gasteiger partial charge in [-0.25, -0.2) is 0 Å². The van der Waals surface area contributed by atoms with E-state index >= 15 is 0 Å². The monoisotopic (exact) mass is 251 g/mol. The van der Waals surface area contributed by atoms with Crippen molar-refractivity contribution < 1.29 is 9.84 Å². The molecule has 0 aliphatic heterocycles. The molecule has 1 unspecified atom stereocenters. The lowest BCUT2D eigenvalue weighted by atomic mass is 9.91. The lowest BCUT2D eigenvalue weighted by molar-refractivity contribution is 0.0522. The summed E-state index contributed by atoms with van der Waals surface area (Å²) in [7, 11) is 1.65. The van der Waals surface area contributed by atoms with Crippen LogP contribution in [-0.2, 0) is 5.60 Å². The van der Waals surface area contributed by atoms with E-state index < -0.39 is 5.60 Å². The molecule has 0 amide bonds. The van der Waals surface area contributed by atoms with Gasteiger partial charge >= 0.3 is 0 Å². The van der Waals surface area contributed by atoms with Crippen LogP contribution in [0, 0.1) is 13.8 Å². The summed E-state index contributed by atoms with van der Waals surface area (Å²) in [5.74, 6) is 0.783. The molecular formula is C15H25NO2. The molecule has 3 nitrogen and oxygen atoms in total. The summed E-state index contributed by atoms with van der Waals surface area (Å²) >= 11 is 0. The van der Waals surface area contributed by atoms with Gasteiger partial charge in [-0.15, -0.1) is 0 Å². The Hall–Kier alpha value is -1.06. The number of benzene rings is 1. The zero-order valence-electron chi connectivity index (χ0n) is 12.3. The van der Waals surface area contributed by atoms with E-state index in [2.05, 4.69) is 19.2 Å². The summed E-state index contributed by atoms with van der Waals surface area (Å²) in [6.45, 7) is 10.5. The Morgan fingerprint density at radius 1 is 1.33 bits per heavy atom. The summed E-state index contributed by atoms with van der Waals surface area (Å²) < 4.78 is 5.46. The van der Waals surface area contributed by atoms with Crippen molar-refractivity contribution in [3.05, 3.63) is 28.8 Å². The summed E-state index contributed by atoms with van der Waals surface area (Å²) in [5, 5.41) is 13.9. The molecule has 1 aromatic rings. The number of aliphatic hydroxyl groups is 1. The van der Waals surface area contributed by atoms with Gasteiger partial charge in [0.25, 0.3) is 0 Å². The van der Waals surface area contributed by atoms with Gasteiger partial charge in [0.05, 0.1) is 7.11 Å². The highest BCUT2D eigenvalue weighted by atomic mass is 16.5. The average Bonchev–Trinajstić information content (AvgIpc) is 2.29. The van der Waals surface area contributed by atoms with E-state index in [-0.39, 0.29) is 0 Å². The van der Waals surface area contributed by atoms with Crippen LogP contribution in [0.4, 0.5) is 0 Å². The van der Waals surface area contributed by atoms with Crippen molar-refractivity contribution in [1.82, 2.24) is 5.32 Å². The molecule has 1 atom stereocenters. The second kappa shape index (κ2) is 5.72. The first-order valence-electron chi connectivity index (χ1n) is 6.40. The standard InChI is InChI=1S/C15H25NO2/c1-10(2)16-9-15(5,17)13-8-7-11(3)12(4)14(13)18-6/h7-8,10,16-17H,9H2,1-6H3. The number of methoxy groups -OCH3 is 1. The first-order valence-corrected chi connectivity index (χ1v) is 6.40. The fourth-order valence-corrected chi connectivity index (χ4v) is 1.98. The maximum Gasteiger partial charge on any atom is 0.128 e. The van der Waals surface area contributed by atoms with E-state index in [1.54, 1.807) is 7.11 Å². The topological polar surface area (TPSA) is 41.5 Å². The van der Waals surface area contributed by atoms with Gasteiger partial charge in [-0.1, -0.05) is 26.0 Å². The van der Waals surface area contributed by atoms with Crippen LogP contribution in [-0.4, -0.2) is 24.8 Å². The SMILES string of the molecule is COc1c(C(C)(O)CNC(C)C)ccc(C)c1C. The van der Waals surface area contributed by atoms with Crippen LogP contribution in [0.2, 0.25) is 0 Å². The predicted molar refractivity (Wildman–Crippen MR) is 75.2 cm³/mol. The third-order valence-electron chi connectivity index (χ3n) is 3.32. The first-order chi connectivity index (χ1) is 8.29. The molecule has 1 rings (SSSR count). The van der Waals surface area contributed by atoms with Crippen LogP contribution in [0.1, 0.15) is 37.5 Å². The molecule has 0 bridgehead atoms. The van der Waals surface area contributed by atoms with Crippen molar-refractivity contribution in [2.24, 2.45) is 0 Å². The Morgan fingerprint density at radius 2 is 1.94 bits per heavy atom. The molecule has 0 fully saturated rings. The van der Waals surface area contributed by atoms with E-state index in [4.69, 9.17) is 4.74 Å². The molecule has 2 N–H and O–H groups in total. The van der Waals surface area contributed by atoms with Gasteiger partial charge in [0.2, 0.25) is 0 Å². The number of rotatable bonds is 5. The molecule has 1 aromatic carbocycles. The number of hydrogen-bond donors (Lipinski definition) is 2. The Morgan fingerprint density at radius 3 is 2.44 bits per heavy atom. The highest BCUT2D eigenvalue weighted by Gasteiger charge is 2.27. The van der Waals surface area contributed by atoms with Gasteiger partial charge in [-0.3, -0.25) is 0 Å². The van der Waals surface area contributed by atoms with Crippen LogP contribution in [0.15, 0.2) is 12.1 Å². The molecule has 3 heteroatoms. The maximum atomic E-state index is 10.6. The first kappa shape index (κ1) is 15.0. The van der Waals surface area contributed by atoms with E-state index in [9.17, 15) is 5.11 Å². The van der Waals surface area contributed by atoms with Crippen molar-refractivity contribution in [2.45, 2.75) is 46.3 Å². The van der Waals surface area contributed by atoms with Gasteiger partial charge in [0.15, 0.2) is 0 Å². The second-order valence-corrected chi connectivity index (χ2v) is 5.40. The van der Waals surface area contributed by atoms with Gasteiger partial charge in [-0.2, -0.15) is 0 Å². The second-order valence-electron chi connectivity index (χ2n) is 5.40. The van der Waals surface area contributed by atoms with Crippen molar-refractivity contribution in [3.8, 4) is 5.75 Å². The Kier molecular flexibility index (Phi) is 4.77. The number of hydrogen-bond acceptors (Lipinski definition) is 3. The molecule has 0 radical (unpaired) electrons. The third-order valence-corrected chi connectivity index (χ3v) is 3.32. The summed E-state index contributed by atoms with van der Waals surface area (Å²) in [4.78, 5) is 0. The minimum atomic E-state index is -0.936. The minimum Gasteiger partial charge on any atom is -0.496 e. The summed E-state index contributed by atoms with van der Waals surface area (Å²) in [5.41, 5.74) is 2.15. The molecule has 102 valence electrons. The van der Waals surface area contributed by atoms with Gasteiger partial charge in [0, 0.05) is 18.2 Å². The van der Waals surface area contributed by atoms with Gasteiger partial charge in [-0.05, 0) is 31.9 Å². The Bertz CT molecular complexity index is 411. The molecule has 0 aromatic heterocycles. The third kappa shape index (κ3) is 3.24. The van der Waals surface area contributed by atoms with Crippen LogP contribution < -0.4 is 10.1 Å². The van der Waals surface area contributed by atoms with Crippen molar-refractivity contribution in [1.29, 1.82) is 0 Å². The van der Waals surface area contributed by atoms with E-state index in [0.717, 1.165) is 16.9 Å². The fourth-order valence-electron chi connectivity index (χ4n) is 1.98. The van der Waals surface area contributed by atoms with Crippen molar-refractivity contribution in [2.75, 3.05) is 13.7 Å². The van der Waals surface area contributed by atoms with Crippen LogP contribution in [0.3, 0.4) is 0 Å². The largest absolute Gasteiger partial charge is 0.496 e. The van der Waals surface area contributed by atoms with E-state index in [1.807, 2.05) is 32.9 Å². The van der Waals surface area contributed by atoms with Gasteiger partial charge in [0.1, 0.15) is 11.4 Å². The molecule has 18 heavy (non-hydrogen) atoms. The van der Waals surface area contributed by atoms with Gasteiger partial charge < -0.3 is 15.2 Å². The molecule has 0 aliphatic rings. The zero-order valence-corrected chi connectivity index (χ0v) is 12.3. The number of nitrogens with one attached hydrogen (secondary N) is 1. The summed E-state index contributed by atoms with van der Waals surface area (Å²) in [6, 6.07) is 4.31. The van der Waals surface area contributed by atoms with Crippen LogP contribution in [0.25, 0.3) is 0 Å². The van der Waals surface area contributed by atoms with Crippen molar-refractivity contribution in [3.63, 3.8) is 0 Å². The fraction of sp³-hybridized carbons (Fsp3) is 0.600. The smallest absolute Gasteiger partial charge is 0.128 e. The van der Waals surface area contributed by atoms with E-state index in [1.165, 1.54) is 5.56 Å². The minimum absolute atomic E-state index is 0.342.